The number of hydrogen-bond donors (Lipinski definition) is 1. The van der Waals surface area contributed by atoms with E-state index >= 15 is 0 Å². The molecule has 0 bridgehead atoms. The molecule has 0 radical (unpaired) electrons. The first-order valence-corrected chi connectivity index (χ1v) is 7.60. The molecule has 1 N–H and O–H groups in total. The van der Waals surface area contributed by atoms with E-state index in [9.17, 15) is 14.0 Å². The van der Waals surface area contributed by atoms with Crippen LogP contribution in [-0.4, -0.2) is 40.0 Å². The quantitative estimate of drug-likeness (QED) is 0.945. The van der Waals surface area contributed by atoms with E-state index in [2.05, 4.69) is 4.98 Å². The van der Waals surface area contributed by atoms with Crippen LogP contribution in [0.5, 0.6) is 0 Å². The average Bonchev–Trinajstić information content (AvgIpc) is 2.53. The van der Waals surface area contributed by atoms with Crippen molar-refractivity contribution in [3.63, 3.8) is 0 Å². The number of carboxylic acid groups (broad SMARTS) is 1. The lowest BCUT2D eigenvalue weighted by atomic mass is 9.93. The van der Waals surface area contributed by atoms with Crippen LogP contribution < -0.4 is 0 Å². The van der Waals surface area contributed by atoms with Crippen LogP contribution in [0.2, 0.25) is 0 Å². The first-order chi connectivity index (χ1) is 11.0. The summed E-state index contributed by atoms with van der Waals surface area (Å²) >= 11 is 0. The molecule has 2 aromatic rings. The summed E-state index contributed by atoms with van der Waals surface area (Å²) in [4.78, 5) is 29.3. The molecule has 2 heterocycles. The number of piperidine rings is 1. The van der Waals surface area contributed by atoms with Crippen molar-refractivity contribution in [1.29, 1.82) is 0 Å². The number of fused-ring (bicyclic) bond motifs is 1. The lowest BCUT2D eigenvalue weighted by molar-refractivity contribution is -0.138. The molecule has 1 saturated heterocycles. The molecule has 0 saturated carbocycles. The van der Waals surface area contributed by atoms with Crippen LogP contribution in [0.15, 0.2) is 30.5 Å². The molecule has 1 fully saturated rings. The van der Waals surface area contributed by atoms with E-state index in [1.54, 1.807) is 23.2 Å². The second kappa shape index (κ2) is 6.32. The number of carbonyl (C=O) groups is 2. The summed E-state index contributed by atoms with van der Waals surface area (Å²) in [5.74, 6) is -1.43. The number of likely N-dealkylation sites (tertiary alicyclic amines) is 1. The summed E-state index contributed by atoms with van der Waals surface area (Å²) in [5, 5.41) is 9.43. The van der Waals surface area contributed by atoms with Gasteiger partial charge in [-0.2, -0.15) is 0 Å². The Morgan fingerprint density at radius 3 is 2.74 bits per heavy atom. The fourth-order valence-electron chi connectivity index (χ4n) is 3.08. The van der Waals surface area contributed by atoms with Gasteiger partial charge in [0.1, 0.15) is 5.82 Å². The first-order valence-electron chi connectivity index (χ1n) is 7.60. The highest BCUT2D eigenvalue weighted by Gasteiger charge is 2.26. The van der Waals surface area contributed by atoms with Crippen molar-refractivity contribution in [2.75, 3.05) is 13.1 Å². The molecule has 1 aliphatic rings. The van der Waals surface area contributed by atoms with Gasteiger partial charge >= 0.3 is 5.97 Å². The van der Waals surface area contributed by atoms with Gasteiger partial charge in [-0.15, -0.1) is 0 Å². The third-order valence-corrected chi connectivity index (χ3v) is 4.27. The Kier molecular flexibility index (Phi) is 4.23. The SMILES string of the molecule is O=C(O)CC1CCN(C(=O)c2cc(F)cc3cccnc23)CC1. The second-order valence-corrected chi connectivity index (χ2v) is 5.86. The lowest BCUT2D eigenvalue weighted by Crippen LogP contribution is -2.39. The number of aliphatic carboxylic acids is 1. The Balaban J connectivity index is 1.81. The van der Waals surface area contributed by atoms with Gasteiger partial charge in [-0.1, -0.05) is 6.07 Å². The number of rotatable bonds is 3. The monoisotopic (exact) mass is 316 g/mol. The highest BCUT2D eigenvalue weighted by Crippen LogP contribution is 2.24. The minimum Gasteiger partial charge on any atom is -0.481 e. The van der Waals surface area contributed by atoms with Gasteiger partial charge in [0.25, 0.3) is 5.91 Å². The van der Waals surface area contributed by atoms with Gasteiger partial charge < -0.3 is 10.0 Å². The maximum Gasteiger partial charge on any atom is 0.303 e. The van der Waals surface area contributed by atoms with E-state index in [0.717, 1.165) is 0 Å². The summed E-state index contributed by atoms with van der Waals surface area (Å²) in [5.41, 5.74) is 0.754. The summed E-state index contributed by atoms with van der Waals surface area (Å²) < 4.78 is 13.8. The lowest BCUT2D eigenvalue weighted by Gasteiger charge is -2.31. The normalized spacial score (nSPS) is 15.8. The molecule has 1 amide bonds. The van der Waals surface area contributed by atoms with Crippen LogP contribution >= 0.6 is 0 Å². The van der Waals surface area contributed by atoms with E-state index in [4.69, 9.17) is 5.11 Å². The Hall–Kier alpha value is -2.50. The minimum absolute atomic E-state index is 0.0962. The van der Waals surface area contributed by atoms with Crippen LogP contribution in [0.25, 0.3) is 10.9 Å². The van der Waals surface area contributed by atoms with Crippen molar-refractivity contribution in [2.45, 2.75) is 19.3 Å². The van der Waals surface area contributed by atoms with Gasteiger partial charge in [-0.25, -0.2) is 4.39 Å². The fraction of sp³-hybridized carbons (Fsp3) is 0.353. The Bertz CT molecular complexity index is 755. The van der Waals surface area contributed by atoms with Gasteiger partial charge in [0.15, 0.2) is 0 Å². The van der Waals surface area contributed by atoms with Gasteiger partial charge in [0.2, 0.25) is 0 Å². The van der Waals surface area contributed by atoms with E-state index in [0.29, 0.717) is 36.8 Å². The van der Waals surface area contributed by atoms with Crippen molar-refractivity contribution >= 4 is 22.8 Å². The zero-order chi connectivity index (χ0) is 16.4. The summed E-state index contributed by atoms with van der Waals surface area (Å²) in [7, 11) is 0. The maximum atomic E-state index is 13.8. The van der Waals surface area contributed by atoms with Crippen molar-refractivity contribution in [1.82, 2.24) is 9.88 Å². The fourth-order valence-corrected chi connectivity index (χ4v) is 3.08. The number of hydrogen-bond acceptors (Lipinski definition) is 3. The molecule has 6 heteroatoms. The summed E-state index contributed by atoms with van der Waals surface area (Å²) in [6, 6.07) is 6.01. The highest BCUT2D eigenvalue weighted by molar-refractivity contribution is 6.05. The number of carboxylic acids is 1. The van der Waals surface area contributed by atoms with Gasteiger partial charge in [-0.05, 0) is 37.0 Å². The molecule has 120 valence electrons. The molecule has 1 aliphatic heterocycles. The topological polar surface area (TPSA) is 70.5 Å². The average molecular weight is 316 g/mol. The standard InChI is InChI=1S/C17H17FN2O3/c18-13-9-12-2-1-5-19-16(12)14(10-13)17(23)20-6-3-11(4-7-20)8-15(21)22/h1-2,5,9-11H,3-4,6-8H2,(H,21,22). The number of carbonyl (C=O) groups excluding carboxylic acids is 1. The van der Waals surface area contributed by atoms with Crippen LogP contribution in [0.3, 0.4) is 0 Å². The molecule has 3 rings (SSSR count). The number of benzene rings is 1. The van der Waals surface area contributed by atoms with Crippen LogP contribution in [0, 0.1) is 11.7 Å². The van der Waals surface area contributed by atoms with Gasteiger partial charge in [-0.3, -0.25) is 14.6 Å². The predicted molar refractivity (Wildman–Crippen MR) is 82.6 cm³/mol. The smallest absolute Gasteiger partial charge is 0.303 e. The third-order valence-electron chi connectivity index (χ3n) is 4.27. The van der Waals surface area contributed by atoms with Crippen molar-refractivity contribution in [3.8, 4) is 0 Å². The summed E-state index contributed by atoms with van der Waals surface area (Å²) in [6.07, 6.45) is 3.01. The zero-order valence-electron chi connectivity index (χ0n) is 12.5. The van der Waals surface area contributed by atoms with Crippen molar-refractivity contribution in [2.24, 2.45) is 5.92 Å². The van der Waals surface area contributed by atoms with Gasteiger partial charge in [0, 0.05) is 31.1 Å². The van der Waals surface area contributed by atoms with Crippen LogP contribution in [0.1, 0.15) is 29.6 Å². The van der Waals surface area contributed by atoms with E-state index < -0.39 is 11.8 Å². The molecule has 5 nitrogen and oxygen atoms in total. The number of halogens is 1. The Labute approximate surface area is 132 Å². The molecule has 0 aliphatic carbocycles. The molecule has 1 aromatic heterocycles. The van der Waals surface area contributed by atoms with Crippen molar-refractivity contribution in [3.05, 3.63) is 41.8 Å². The number of aromatic nitrogens is 1. The molecule has 23 heavy (non-hydrogen) atoms. The molecule has 0 unspecified atom stereocenters. The summed E-state index contributed by atoms with van der Waals surface area (Å²) in [6.45, 7) is 0.975. The molecular weight excluding hydrogens is 299 g/mol. The molecular formula is C17H17FN2O3. The van der Waals surface area contributed by atoms with E-state index in [1.165, 1.54) is 12.1 Å². The minimum atomic E-state index is -0.810. The Morgan fingerprint density at radius 2 is 2.04 bits per heavy atom. The first kappa shape index (κ1) is 15.4. The van der Waals surface area contributed by atoms with E-state index in [1.807, 2.05) is 0 Å². The van der Waals surface area contributed by atoms with Gasteiger partial charge in [0.05, 0.1) is 11.1 Å². The number of pyridine rings is 1. The van der Waals surface area contributed by atoms with Crippen molar-refractivity contribution < 1.29 is 19.1 Å². The number of amides is 1. The molecule has 0 atom stereocenters. The van der Waals surface area contributed by atoms with Crippen LogP contribution in [-0.2, 0) is 4.79 Å². The third kappa shape index (κ3) is 3.31. The van der Waals surface area contributed by atoms with E-state index in [-0.39, 0.29) is 23.8 Å². The second-order valence-electron chi connectivity index (χ2n) is 5.86. The molecule has 0 spiro atoms. The Morgan fingerprint density at radius 1 is 1.30 bits per heavy atom. The number of nitrogens with zero attached hydrogens (tertiary/aromatic N) is 2. The highest BCUT2D eigenvalue weighted by atomic mass is 19.1. The predicted octanol–water partition coefficient (Wildman–Crippen LogP) is 2.70. The molecule has 1 aromatic carbocycles. The largest absolute Gasteiger partial charge is 0.481 e. The van der Waals surface area contributed by atoms with Crippen LogP contribution in [0.4, 0.5) is 4.39 Å². The maximum absolute atomic E-state index is 13.8. The zero-order valence-corrected chi connectivity index (χ0v) is 12.5.